The van der Waals surface area contributed by atoms with Gasteiger partial charge in [0, 0.05) is 40.6 Å². The topological polar surface area (TPSA) is 101 Å². The molecule has 6 nitrogen and oxygen atoms in total. The zero-order chi connectivity index (χ0) is 15.0. The van der Waals surface area contributed by atoms with Crippen LogP contribution in [0.25, 0.3) is 0 Å². The fourth-order valence-electron chi connectivity index (χ4n) is 1.46. The molecule has 1 unspecified atom stereocenters. The van der Waals surface area contributed by atoms with Crippen molar-refractivity contribution < 1.29 is 13.8 Å². The number of benzene rings is 1. The molecule has 0 saturated heterocycles. The predicted molar refractivity (Wildman–Crippen MR) is 79.7 cm³/mol. The van der Waals surface area contributed by atoms with E-state index in [0.29, 0.717) is 30.0 Å². The van der Waals surface area contributed by atoms with Crippen LogP contribution in [-0.2, 0) is 15.6 Å². The predicted octanol–water partition coefficient (Wildman–Crippen LogP) is -0.117. The third kappa shape index (κ3) is 6.33. The first kappa shape index (κ1) is 16.2. The van der Waals surface area contributed by atoms with E-state index in [0.717, 1.165) is 0 Å². The molecular weight excluding hydrogens is 278 g/mol. The third-order valence-electron chi connectivity index (χ3n) is 2.51. The summed E-state index contributed by atoms with van der Waals surface area (Å²) in [6.07, 6.45) is 2.27. The standard InChI is InChI=1S/C13H19N3O3S/c1-20(19)8-2-7-15-12(17)9-16-13(18)10-3-5-11(14)6-4-10/h3-6H,2,7-9,14H2,1H3,(H,15,17)(H,16,18). The average molecular weight is 297 g/mol. The van der Waals surface area contributed by atoms with E-state index in [1.165, 1.54) is 0 Å². The molecule has 2 amide bonds. The summed E-state index contributed by atoms with van der Waals surface area (Å²) in [6, 6.07) is 6.44. The Balaban J connectivity index is 2.25. The first-order valence-corrected chi connectivity index (χ1v) is 7.92. The molecule has 1 aromatic rings. The fraction of sp³-hybridized carbons (Fsp3) is 0.385. The lowest BCUT2D eigenvalue weighted by Gasteiger charge is -2.06. The molecule has 0 spiro atoms. The van der Waals surface area contributed by atoms with Crippen molar-refractivity contribution in [1.29, 1.82) is 0 Å². The Labute approximate surface area is 120 Å². The number of nitrogens with two attached hydrogens (primary N) is 1. The number of carbonyl (C=O) groups excluding carboxylic acids is 2. The van der Waals surface area contributed by atoms with Gasteiger partial charge in [0.15, 0.2) is 0 Å². The molecule has 20 heavy (non-hydrogen) atoms. The van der Waals surface area contributed by atoms with Gasteiger partial charge in [-0.3, -0.25) is 13.8 Å². The SMILES string of the molecule is CS(=O)CCCNC(=O)CNC(=O)c1ccc(N)cc1. The zero-order valence-corrected chi connectivity index (χ0v) is 12.2. The maximum Gasteiger partial charge on any atom is 0.251 e. The van der Waals surface area contributed by atoms with Crippen molar-refractivity contribution in [3.8, 4) is 0 Å². The van der Waals surface area contributed by atoms with Crippen LogP contribution in [0.5, 0.6) is 0 Å². The van der Waals surface area contributed by atoms with Crippen LogP contribution < -0.4 is 16.4 Å². The maximum absolute atomic E-state index is 11.7. The maximum atomic E-state index is 11.7. The van der Waals surface area contributed by atoms with Crippen molar-refractivity contribution in [3.63, 3.8) is 0 Å². The van der Waals surface area contributed by atoms with Crippen molar-refractivity contribution >= 4 is 28.3 Å². The van der Waals surface area contributed by atoms with Crippen LogP contribution >= 0.6 is 0 Å². The molecule has 0 bridgehead atoms. The second-order valence-electron chi connectivity index (χ2n) is 4.29. The summed E-state index contributed by atoms with van der Waals surface area (Å²) in [5.74, 6) is -0.0385. The summed E-state index contributed by atoms with van der Waals surface area (Å²) in [4.78, 5) is 23.2. The van der Waals surface area contributed by atoms with Crippen molar-refractivity contribution in [2.75, 3.05) is 30.8 Å². The number of nitrogen functional groups attached to an aromatic ring is 1. The average Bonchev–Trinajstić information content (AvgIpc) is 2.41. The quantitative estimate of drug-likeness (QED) is 0.482. The minimum atomic E-state index is -0.850. The highest BCUT2D eigenvalue weighted by atomic mass is 32.2. The molecule has 0 aromatic heterocycles. The summed E-state index contributed by atoms with van der Waals surface area (Å²) in [7, 11) is -0.850. The van der Waals surface area contributed by atoms with Gasteiger partial charge >= 0.3 is 0 Å². The minimum Gasteiger partial charge on any atom is -0.399 e. The molecule has 0 radical (unpaired) electrons. The molecule has 1 atom stereocenters. The Morgan fingerprint density at radius 1 is 1.20 bits per heavy atom. The number of hydrogen-bond donors (Lipinski definition) is 3. The Kier molecular flexibility index (Phi) is 6.72. The van der Waals surface area contributed by atoms with Crippen LogP contribution in [0.3, 0.4) is 0 Å². The van der Waals surface area contributed by atoms with Crippen LogP contribution in [0.1, 0.15) is 16.8 Å². The molecule has 1 aromatic carbocycles. The Morgan fingerprint density at radius 3 is 2.45 bits per heavy atom. The van der Waals surface area contributed by atoms with Crippen molar-refractivity contribution in [3.05, 3.63) is 29.8 Å². The summed E-state index contributed by atoms with van der Waals surface area (Å²) in [6.45, 7) is 0.370. The van der Waals surface area contributed by atoms with Crippen LogP contribution in [-0.4, -0.2) is 41.1 Å². The molecule has 0 aliphatic rings. The van der Waals surface area contributed by atoms with E-state index in [1.54, 1.807) is 30.5 Å². The van der Waals surface area contributed by atoms with Gasteiger partial charge in [-0.2, -0.15) is 0 Å². The van der Waals surface area contributed by atoms with Gasteiger partial charge in [-0.05, 0) is 30.7 Å². The Hall–Kier alpha value is -1.89. The second-order valence-corrected chi connectivity index (χ2v) is 5.84. The number of anilines is 1. The number of hydrogen-bond acceptors (Lipinski definition) is 4. The smallest absolute Gasteiger partial charge is 0.251 e. The third-order valence-corrected chi connectivity index (χ3v) is 3.38. The van der Waals surface area contributed by atoms with E-state index in [1.807, 2.05) is 0 Å². The van der Waals surface area contributed by atoms with Crippen LogP contribution in [0.15, 0.2) is 24.3 Å². The van der Waals surface area contributed by atoms with Crippen LogP contribution in [0.2, 0.25) is 0 Å². The fourth-order valence-corrected chi connectivity index (χ4v) is 2.01. The van der Waals surface area contributed by atoms with E-state index < -0.39 is 10.8 Å². The molecule has 0 fully saturated rings. The number of rotatable bonds is 7. The highest BCUT2D eigenvalue weighted by molar-refractivity contribution is 7.84. The Bertz CT molecular complexity index is 488. The minimum absolute atomic E-state index is 0.0849. The first-order valence-electron chi connectivity index (χ1n) is 6.19. The lowest BCUT2D eigenvalue weighted by atomic mass is 10.2. The molecule has 7 heteroatoms. The van der Waals surface area contributed by atoms with Crippen molar-refractivity contribution in [1.82, 2.24) is 10.6 Å². The summed E-state index contributed by atoms with van der Waals surface area (Å²) in [5, 5.41) is 5.16. The lowest BCUT2D eigenvalue weighted by Crippen LogP contribution is -2.37. The first-order chi connectivity index (χ1) is 9.49. The van der Waals surface area contributed by atoms with E-state index in [9.17, 15) is 13.8 Å². The van der Waals surface area contributed by atoms with Gasteiger partial charge in [0.25, 0.3) is 5.91 Å². The van der Waals surface area contributed by atoms with Gasteiger partial charge in [0.2, 0.25) is 5.91 Å². The molecule has 0 heterocycles. The van der Waals surface area contributed by atoms with Crippen LogP contribution in [0.4, 0.5) is 5.69 Å². The van der Waals surface area contributed by atoms with E-state index >= 15 is 0 Å². The van der Waals surface area contributed by atoms with Gasteiger partial charge in [0.1, 0.15) is 0 Å². The number of carbonyl (C=O) groups is 2. The molecule has 1 rings (SSSR count). The molecule has 0 saturated carbocycles. The second kappa shape index (κ2) is 8.31. The highest BCUT2D eigenvalue weighted by Crippen LogP contribution is 2.04. The molecular formula is C13H19N3O3S. The number of nitrogens with one attached hydrogen (secondary N) is 2. The van der Waals surface area contributed by atoms with Crippen LogP contribution in [0, 0.1) is 0 Å². The van der Waals surface area contributed by atoms with Crippen molar-refractivity contribution in [2.24, 2.45) is 0 Å². The number of amides is 2. The molecule has 0 aliphatic carbocycles. The van der Waals surface area contributed by atoms with E-state index in [-0.39, 0.29) is 18.4 Å². The molecule has 0 aliphatic heterocycles. The van der Waals surface area contributed by atoms with Gasteiger partial charge in [-0.25, -0.2) is 0 Å². The van der Waals surface area contributed by atoms with Gasteiger partial charge in [-0.15, -0.1) is 0 Å². The zero-order valence-electron chi connectivity index (χ0n) is 11.3. The van der Waals surface area contributed by atoms with Crippen molar-refractivity contribution in [2.45, 2.75) is 6.42 Å². The largest absolute Gasteiger partial charge is 0.399 e. The van der Waals surface area contributed by atoms with Gasteiger partial charge < -0.3 is 16.4 Å². The molecule has 110 valence electrons. The lowest BCUT2D eigenvalue weighted by molar-refractivity contribution is -0.120. The van der Waals surface area contributed by atoms with Gasteiger partial charge in [0.05, 0.1) is 6.54 Å². The molecule has 4 N–H and O–H groups in total. The normalized spacial score (nSPS) is 11.7. The Morgan fingerprint density at radius 2 is 1.85 bits per heavy atom. The summed E-state index contributed by atoms with van der Waals surface area (Å²) in [5.41, 5.74) is 6.55. The highest BCUT2D eigenvalue weighted by Gasteiger charge is 2.07. The summed E-state index contributed by atoms with van der Waals surface area (Å²) >= 11 is 0. The summed E-state index contributed by atoms with van der Waals surface area (Å²) < 4.78 is 10.8. The monoisotopic (exact) mass is 297 g/mol. The van der Waals surface area contributed by atoms with E-state index in [4.69, 9.17) is 5.73 Å². The van der Waals surface area contributed by atoms with Gasteiger partial charge in [-0.1, -0.05) is 0 Å². The van der Waals surface area contributed by atoms with E-state index in [2.05, 4.69) is 10.6 Å².